The van der Waals surface area contributed by atoms with Gasteiger partial charge >= 0.3 is 35.5 Å². The van der Waals surface area contributed by atoms with Gasteiger partial charge in [0.15, 0.2) is 17.4 Å². The Morgan fingerprint density at radius 3 is 2.47 bits per heavy atom. The number of aliphatic carboxylic acids is 1. The molecule has 9 nitrogen and oxygen atoms in total. The van der Waals surface area contributed by atoms with Gasteiger partial charge in [-0.25, -0.2) is 0 Å². The molecule has 2 aromatic rings. The monoisotopic (exact) mass is 476 g/mol. The topological polar surface area (TPSA) is 125 Å². The van der Waals surface area contributed by atoms with Crippen molar-refractivity contribution in [3.05, 3.63) is 41.7 Å². The molecule has 1 aliphatic heterocycles. The van der Waals surface area contributed by atoms with E-state index in [0.29, 0.717) is 60.2 Å². The Bertz CT molecular complexity index is 1070. The third-order valence-corrected chi connectivity index (χ3v) is 5.30. The van der Waals surface area contributed by atoms with Crippen molar-refractivity contribution in [3.63, 3.8) is 0 Å². The van der Waals surface area contributed by atoms with Crippen molar-refractivity contribution in [2.24, 2.45) is 0 Å². The van der Waals surface area contributed by atoms with Crippen LogP contribution in [0.4, 0.5) is 5.88 Å². The number of ether oxygens (including phenoxy) is 3. The Hall–Kier alpha value is -2.93. The summed E-state index contributed by atoms with van der Waals surface area (Å²) in [4.78, 5) is 24.2. The number of benzene rings is 1. The number of piperidine rings is 1. The van der Waals surface area contributed by atoms with E-state index in [4.69, 9.17) is 18.6 Å². The fourth-order valence-corrected chi connectivity index (χ4v) is 3.56. The first kappa shape index (κ1) is 27.3. The minimum atomic E-state index is -1.27. The molecule has 34 heavy (non-hydrogen) atoms. The van der Waals surface area contributed by atoms with Gasteiger partial charge in [0.05, 0.1) is 32.3 Å². The number of carbonyl (C=O) groups is 2. The first-order valence-electron chi connectivity index (χ1n) is 10.5. The molecular weight excluding hydrogens is 451 g/mol. The van der Waals surface area contributed by atoms with Crippen molar-refractivity contribution in [2.75, 3.05) is 32.2 Å². The average molecular weight is 476 g/mol. The molecule has 174 valence electrons. The van der Waals surface area contributed by atoms with Gasteiger partial charge in [0.1, 0.15) is 11.9 Å². The molecule has 2 heterocycles. The van der Waals surface area contributed by atoms with Crippen molar-refractivity contribution in [1.29, 1.82) is 5.26 Å². The molecule has 10 heteroatoms. The zero-order chi connectivity index (χ0) is 23.8. The molecule has 3 rings (SSSR count). The van der Waals surface area contributed by atoms with Gasteiger partial charge in [-0.2, -0.15) is 5.26 Å². The smallest absolute Gasteiger partial charge is 0.550 e. The van der Waals surface area contributed by atoms with Crippen LogP contribution < -0.4 is 49.0 Å². The molecule has 0 saturated carbocycles. The summed E-state index contributed by atoms with van der Waals surface area (Å²) in [6, 6.07) is 11.1. The van der Waals surface area contributed by atoms with E-state index in [1.165, 1.54) is 7.11 Å². The summed E-state index contributed by atoms with van der Waals surface area (Å²) in [5.74, 6) is 0.503. The normalized spacial score (nSPS) is 14.0. The number of carbonyl (C=O) groups excluding carboxylic acids is 2. The van der Waals surface area contributed by atoms with Gasteiger partial charge in [0.2, 0.25) is 0 Å². The predicted octanol–water partition coefficient (Wildman–Crippen LogP) is -0.593. The average Bonchev–Trinajstić information content (AvgIpc) is 3.30. The zero-order valence-corrected chi connectivity index (χ0v) is 21.5. The Labute approximate surface area is 220 Å². The third-order valence-electron chi connectivity index (χ3n) is 5.30. The molecule has 1 aliphatic rings. The first-order chi connectivity index (χ1) is 15.9. The molecule has 0 aliphatic carbocycles. The largest absolute Gasteiger partial charge is 1.00 e. The van der Waals surface area contributed by atoms with Gasteiger partial charge in [-0.1, -0.05) is 0 Å². The SMILES string of the molecule is COc1ccc(C(C#N)=Cc2ccc(N3CCC(OC(=O)CCC(=O)[O-])CC3)o2)cc1OC.[Na+]. The van der Waals surface area contributed by atoms with E-state index in [1.807, 2.05) is 11.0 Å². The first-order valence-corrected chi connectivity index (χ1v) is 10.5. The van der Waals surface area contributed by atoms with Crippen molar-refractivity contribution in [1.82, 2.24) is 0 Å². The van der Waals surface area contributed by atoms with Gasteiger partial charge in [-0.3, -0.25) is 4.79 Å². The van der Waals surface area contributed by atoms with E-state index in [-0.39, 0.29) is 48.5 Å². The van der Waals surface area contributed by atoms with Gasteiger partial charge in [0, 0.05) is 38.0 Å². The van der Waals surface area contributed by atoms with E-state index < -0.39 is 11.9 Å². The fraction of sp³-hybridized carbons (Fsp3) is 0.375. The van der Waals surface area contributed by atoms with E-state index in [2.05, 4.69) is 6.07 Å². The van der Waals surface area contributed by atoms with Crippen molar-refractivity contribution in [3.8, 4) is 17.6 Å². The van der Waals surface area contributed by atoms with E-state index in [1.54, 1.807) is 37.5 Å². The van der Waals surface area contributed by atoms with Gasteiger partial charge in [-0.05, 0) is 42.3 Å². The number of hydrogen-bond donors (Lipinski definition) is 0. The number of carboxylic acid groups (broad SMARTS) is 1. The van der Waals surface area contributed by atoms with Crippen molar-refractivity contribution >= 4 is 29.5 Å². The maximum atomic E-state index is 11.7. The number of rotatable bonds is 9. The maximum Gasteiger partial charge on any atom is 1.00 e. The second kappa shape index (κ2) is 13.1. The van der Waals surface area contributed by atoms with Crippen LogP contribution >= 0.6 is 0 Å². The van der Waals surface area contributed by atoms with E-state index in [0.717, 1.165) is 0 Å². The van der Waals surface area contributed by atoms with Crippen LogP contribution in [0.15, 0.2) is 34.7 Å². The van der Waals surface area contributed by atoms with Crippen molar-refractivity contribution in [2.45, 2.75) is 31.8 Å². The molecule has 1 saturated heterocycles. The molecule has 0 radical (unpaired) electrons. The number of nitrogens with zero attached hydrogens (tertiary/aromatic N) is 2. The van der Waals surface area contributed by atoms with Crippen LogP contribution in [0.5, 0.6) is 11.5 Å². The number of furan rings is 1. The molecule has 1 aromatic carbocycles. The van der Waals surface area contributed by atoms with Crippen LogP contribution in [0.25, 0.3) is 11.6 Å². The Kier molecular flexibility index (Phi) is 10.5. The molecule has 1 aromatic heterocycles. The number of hydrogen-bond acceptors (Lipinski definition) is 9. The number of anilines is 1. The zero-order valence-electron chi connectivity index (χ0n) is 19.5. The fourth-order valence-electron chi connectivity index (χ4n) is 3.56. The Morgan fingerprint density at radius 2 is 1.85 bits per heavy atom. The summed E-state index contributed by atoms with van der Waals surface area (Å²) < 4.78 is 21.8. The molecule has 0 spiro atoms. The molecule has 0 unspecified atom stereocenters. The second-order valence-electron chi connectivity index (χ2n) is 7.46. The van der Waals surface area contributed by atoms with Crippen LogP contribution in [0.2, 0.25) is 0 Å². The molecule has 0 N–H and O–H groups in total. The van der Waals surface area contributed by atoms with Crippen LogP contribution in [0, 0.1) is 11.3 Å². The van der Waals surface area contributed by atoms with E-state index >= 15 is 0 Å². The number of allylic oxidation sites excluding steroid dienone is 1. The quantitative estimate of drug-likeness (QED) is 0.265. The van der Waals surface area contributed by atoms with Gasteiger partial charge in [0.25, 0.3) is 0 Å². The Morgan fingerprint density at radius 1 is 1.15 bits per heavy atom. The van der Waals surface area contributed by atoms with Crippen LogP contribution in [-0.4, -0.2) is 45.4 Å². The Balaban J connectivity index is 0.00000408. The van der Waals surface area contributed by atoms with Crippen LogP contribution in [-0.2, 0) is 14.3 Å². The number of methoxy groups -OCH3 is 2. The molecular formula is C24H25N2NaO7. The van der Waals surface area contributed by atoms with Crippen LogP contribution in [0.3, 0.4) is 0 Å². The predicted molar refractivity (Wildman–Crippen MR) is 117 cm³/mol. The number of nitriles is 1. The third kappa shape index (κ3) is 7.29. The minimum absolute atomic E-state index is 0. The van der Waals surface area contributed by atoms with Crippen molar-refractivity contribution < 1.29 is 62.9 Å². The summed E-state index contributed by atoms with van der Waals surface area (Å²) in [7, 11) is 3.08. The molecule has 0 amide bonds. The standard InChI is InChI=1S/C24H26N2O7.Na/c1-30-20-5-3-16(14-21(20)31-2)17(15-25)13-19-4-6-22(32-19)26-11-9-18(10-12-26)33-24(29)8-7-23(27)28;/h3-6,13-14,18H,7-12H2,1-2H3,(H,27,28);/q;+1/p-1. The van der Waals surface area contributed by atoms with Gasteiger partial charge in [-0.15, -0.1) is 0 Å². The summed E-state index contributed by atoms with van der Waals surface area (Å²) in [5.41, 5.74) is 1.09. The van der Waals surface area contributed by atoms with Crippen LogP contribution in [0.1, 0.15) is 37.0 Å². The number of carboxylic acids is 1. The molecule has 0 atom stereocenters. The summed E-state index contributed by atoms with van der Waals surface area (Å²) in [6.07, 6.45) is 2.11. The summed E-state index contributed by atoms with van der Waals surface area (Å²) >= 11 is 0. The maximum absolute atomic E-state index is 11.7. The summed E-state index contributed by atoms with van der Waals surface area (Å²) in [6.45, 7) is 1.24. The summed E-state index contributed by atoms with van der Waals surface area (Å²) in [5, 5.41) is 20.1. The van der Waals surface area contributed by atoms with E-state index in [9.17, 15) is 20.0 Å². The van der Waals surface area contributed by atoms with Gasteiger partial charge < -0.3 is 33.4 Å². The minimum Gasteiger partial charge on any atom is -0.550 e. The molecule has 0 bridgehead atoms. The second-order valence-corrected chi connectivity index (χ2v) is 7.46. The molecule has 1 fully saturated rings. The number of esters is 1.